The number of rotatable bonds is 3. The molecule has 0 spiro atoms. The van der Waals surface area contributed by atoms with Crippen molar-refractivity contribution in [1.82, 2.24) is 15.2 Å². The van der Waals surface area contributed by atoms with Gasteiger partial charge in [0.2, 0.25) is 5.91 Å². The Balaban J connectivity index is 1.59. The summed E-state index contributed by atoms with van der Waals surface area (Å²) in [7, 11) is 0. The molecule has 0 aromatic carbocycles. The number of nitrogens with zero attached hydrogens (tertiary/aromatic N) is 2. The van der Waals surface area contributed by atoms with Crippen LogP contribution in [0.2, 0.25) is 0 Å². The summed E-state index contributed by atoms with van der Waals surface area (Å²) in [6.07, 6.45) is 4.98. The second-order valence-corrected chi connectivity index (χ2v) is 5.89. The second-order valence-electron chi connectivity index (χ2n) is 5.89. The summed E-state index contributed by atoms with van der Waals surface area (Å²) in [4.78, 5) is 29.5. The van der Waals surface area contributed by atoms with Crippen LogP contribution >= 0.6 is 0 Å². The summed E-state index contributed by atoms with van der Waals surface area (Å²) in [6.45, 7) is 1.12. The number of pyridine rings is 1. The third-order valence-electron chi connectivity index (χ3n) is 4.45. The minimum absolute atomic E-state index is 0.0400. The summed E-state index contributed by atoms with van der Waals surface area (Å²) in [6, 6.07) is 5.38. The van der Waals surface area contributed by atoms with E-state index in [2.05, 4.69) is 10.3 Å². The van der Waals surface area contributed by atoms with Crippen molar-refractivity contribution in [2.75, 3.05) is 13.1 Å². The van der Waals surface area contributed by atoms with E-state index in [1.165, 1.54) is 0 Å². The Hall–Kier alpha value is -2.11. The van der Waals surface area contributed by atoms with Gasteiger partial charge in [0, 0.05) is 25.2 Å². The lowest BCUT2D eigenvalue weighted by Gasteiger charge is -2.31. The number of hydrogen-bond acceptors (Lipinski definition) is 3. The first-order valence-electron chi connectivity index (χ1n) is 7.39. The van der Waals surface area contributed by atoms with E-state index in [9.17, 15) is 9.59 Å². The number of likely N-dealkylation sites (tertiary alicyclic amines) is 1. The van der Waals surface area contributed by atoms with Crippen molar-refractivity contribution in [3.05, 3.63) is 30.1 Å². The van der Waals surface area contributed by atoms with Gasteiger partial charge in [-0.05, 0) is 37.8 Å². The summed E-state index contributed by atoms with van der Waals surface area (Å²) in [5.74, 6) is 0.0315. The average molecular weight is 288 g/mol. The molecule has 0 bridgehead atoms. The third kappa shape index (κ3) is 2.84. The zero-order valence-electron chi connectivity index (χ0n) is 11.9. The molecule has 3 N–H and O–H groups in total. The number of carbonyl (C=O) groups is 2. The Bertz CT molecular complexity index is 534. The van der Waals surface area contributed by atoms with Crippen molar-refractivity contribution in [2.45, 2.75) is 31.2 Å². The fraction of sp³-hybridized carbons (Fsp3) is 0.533. The molecule has 6 nitrogen and oxygen atoms in total. The van der Waals surface area contributed by atoms with Crippen LogP contribution in [-0.4, -0.2) is 34.9 Å². The maximum Gasteiger partial charge on any atom is 0.314 e. The number of carbonyl (C=O) groups excluding carboxylic acids is 2. The van der Waals surface area contributed by atoms with Crippen molar-refractivity contribution < 1.29 is 9.59 Å². The van der Waals surface area contributed by atoms with Gasteiger partial charge in [-0.3, -0.25) is 9.78 Å². The molecular formula is C15H20N4O2. The lowest BCUT2D eigenvalue weighted by atomic mass is 9.95. The fourth-order valence-corrected chi connectivity index (χ4v) is 2.92. The molecule has 2 heterocycles. The summed E-state index contributed by atoms with van der Waals surface area (Å²) in [5, 5.41) is 3.16. The highest BCUT2D eigenvalue weighted by molar-refractivity contribution is 5.80. The molecule has 0 atom stereocenters. The van der Waals surface area contributed by atoms with Crippen LogP contribution in [0.5, 0.6) is 0 Å². The van der Waals surface area contributed by atoms with Crippen LogP contribution in [0.1, 0.15) is 31.4 Å². The van der Waals surface area contributed by atoms with Crippen LogP contribution < -0.4 is 11.1 Å². The summed E-state index contributed by atoms with van der Waals surface area (Å²) >= 11 is 0. The molecule has 2 aliphatic rings. The molecule has 21 heavy (non-hydrogen) atoms. The molecule has 112 valence electrons. The van der Waals surface area contributed by atoms with Gasteiger partial charge in [-0.2, -0.15) is 0 Å². The molecule has 1 aliphatic carbocycles. The minimum Gasteiger partial charge on any atom is -0.351 e. The Kier molecular flexibility index (Phi) is 3.53. The molecule has 1 saturated carbocycles. The predicted molar refractivity (Wildman–Crippen MR) is 77.2 cm³/mol. The molecule has 1 aliphatic heterocycles. The van der Waals surface area contributed by atoms with E-state index in [1.807, 2.05) is 18.2 Å². The number of aromatic nitrogens is 1. The number of urea groups is 1. The van der Waals surface area contributed by atoms with E-state index in [1.54, 1.807) is 11.1 Å². The summed E-state index contributed by atoms with van der Waals surface area (Å²) in [5.41, 5.74) is 5.93. The number of amides is 3. The number of hydrogen-bond donors (Lipinski definition) is 2. The van der Waals surface area contributed by atoms with E-state index < -0.39 is 6.03 Å². The third-order valence-corrected chi connectivity index (χ3v) is 4.45. The first kappa shape index (κ1) is 13.9. The van der Waals surface area contributed by atoms with Crippen LogP contribution in [0.15, 0.2) is 24.4 Å². The van der Waals surface area contributed by atoms with Crippen molar-refractivity contribution in [3.8, 4) is 0 Å². The predicted octanol–water partition coefficient (Wildman–Crippen LogP) is 0.978. The number of primary amides is 1. The maximum absolute atomic E-state index is 12.4. The molecular weight excluding hydrogens is 268 g/mol. The van der Waals surface area contributed by atoms with Gasteiger partial charge >= 0.3 is 6.03 Å². The monoisotopic (exact) mass is 288 g/mol. The quantitative estimate of drug-likeness (QED) is 0.869. The average Bonchev–Trinajstić information content (AvgIpc) is 3.29. The van der Waals surface area contributed by atoms with Crippen LogP contribution in [-0.2, 0) is 10.3 Å². The van der Waals surface area contributed by atoms with Crippen LogP contribution in [0.25, 0.3) is 0 Å². The van der Waals surface area contributed by atoms with Gasteiger partial charge in [0.05, 0.1) is 11.2 Å². The maximum atomic E-state index is 12.4. The number of nitrogens with one attached hydrogen (secondary N) is 1. The van der Waals surface area contributed by atoms with Gasteiger partial charge in [-0.15, -0.1) is 0 Å². The SMILES string of the molecule is NC(=O)N1CCC(C(=O)NC2(c3ccccn3)CC2)CC1. The summed E-state index contributed by atoms with van der Waals surface area (Å²) < 4.78 is 0. The first-order chi connectivity index (χ1) is 10.1. The Morgan fingerprint density at radius 3 is 2.52 bits per heavy atom. The zero-order valence-corrected chi connectivity index (χ0v) is 11.9. The number of piperidine rings is 1. The van der Waals surface area contributed by atoms with Gasteiger partial charge in [0.25, 0.3) is 0 Å². The van der Waals surface area contributed by atoms with Crippen LogP contribution in [0.3, 0.4) is 0 Å². The highest BCUT2D eigenvalue weighted by atomic mass is 16.2. The van der Waals surface area contributed by atoms with Gasteiger partial charge in [0.1, 0.15) is 0 Å². The lowest BCUT2D eigenvalue weighted by molar-refractivity contribution is -0.127. The standard InChI is InChI=1S/C15H20N4O2/c16-14(21)19-9-4-11(5-10-19)13(20)18-15(6-7-15)12-3-1-2-8-17-12/h1-3,8,11H,4-7,9-10H2,(H2,16,21)(H,18,20). The Morgan fingerprint density at radius 2 is 2.00 bits per heavy atom. The van der Waals surface area contributed by atoms with E-state index >= 15 is 0 Å². The molecule has 1 aromatic heterocycles. The van der Waals surface area contributed by atoms with Crippen LogP contribution in [0.4, 0.5) is 4.79 Å². The van der Waals surface area contributed by atoms with Gasteiger partial charge in [-0.1, -0.05) is 6.07 Å². The largest absolute Gasteiger partial charge is 0.351 e. The molecule has 1 aromatic rings. The molecule has 0 radical (unpaired) electrons. The Morgan fingerprint density at radius 1 is 1.29 bits per heavy atom. The smallest absolute Gasteiger partial charge is 0.314 e. The van der Waals surface area contributed by atoms with E-state index in [0.717, 1.165) is 18.5 Å². The zero-order chi connectivity index (χ0) is 14.9. The molecule has 3 amide bonds. The molecule has 1 saturated heterocycles. The molecule has 2 fully saturated rings. The van der Waals surface area contributed by atoms with Crippen molar-refractivity contribution in [1.29, 1.82) is 0 Å². The highest BCUT2D eigenvalue weighted by Gasteiger charge is 2.47. The van der Waals surface area contributed by atoms with Crippen molar-refractivity contribution in [2.24, 2.45) is 11.7 Å². The van der Waals surface area contributed by atoms with E-state index in [4.69, 9.17) is 5.73 Å². The second kappa shape index (κ2) is 5.35. The Labute approximate surface area is 123 Å². The highest BCUT2D eigenvalue weighted by Crippen LogP contribution is 2.44. The normalized spacial score (nSPS) is 20.9. The fourth-order valence-electron chi connectivity index (χ4n) is 2.92. The molecule has 0 unspecified atom stereocenters. The van der Waals surface area contributed by atoms with Crippen molar-refractivity contribution in [3.63, 3.8) is 0 Å². The van der Waals surface area contributed by atoms with Gasteiger partial charge < -0.3 is 16.0 Å². The number of nitrogens with two attached hydrogens (primary N) is 1. The van der Waals surface area contributed by atoms with E-state index in [-0.39, 0.29) is 17.4 Å². The lowest BCUT2D eigenvalue weighted by Crippen LogP contribution is -2.47. The van der Waals surface area contributed by atoms with Crippen LogP contribution in [0, 0.1) is 5.92 Å². The first-order valence-corrected chi connectivity index (χ1v) is 7.39. The minimum atomic E-state index is -0.402. The molecule has 6 heteroatoms. The topological polar surface area (TPSA) is 88.3 Å². The van der Waals surface area contributed by atoms with Gasteiger partial charge in [0.15, 0.2) is 0 Å². The van der Waals surface area contributed by atoms with E-state index in [0.29, 0.717) is 25.9 Å². The van der Waals surface area contributed by atoms with Crippen molar-refractivity contribution >= 4 is 11.9 Å². The molecule has 3 rings (SSSR count). The van der Waals surface area contributed by atoms with Gasteiger partial charge in [-0.25, -0.2) is 4.79 Å².